The second-order valence-corrected chi connectivity index (χ2v) is 8.14. The molecule has 1 saturated heterocycles. The van der Waals surface area contributed by atoms with Gasteiger partial charge in [-0.05, 0) is 19.1 Å². The number of benzene rings is 1. The number of aryl methyl sites for hydroxylation is 1. The van der Waals surface area contributed by atoms with E-state index in [2.05, 4.69) is 25.6 Å². The summed E-state index contributed by atoms with van der Waals surface area (Å²) in [5.74, 6) is -0.339. The largest absolute Gasteiger partial charge is 0.394 e. The van der Waals surface area contributed by atoms with E-state index >= 15 is 0 Å². The van der Waals surface area contributed by atoms with Crippen LogP contribution in [0.2, 0.25) is 0 Å². The summed E-state index contributed by atoms with van der Waals surface area (Å²) in [6.07, 6.45) is -2.23. The molecule has 1 fully saturated rings. The van der Waals surface area contributed by atoms with Crippen molar-refractivity contribution in [2.24, 2.45) is 5.92 Å². The van der Waals surface area contributed by atoms with Crippen LogP contribution in [0.15, 0.2) is 29.1 Å². The Morgan fingerprint density at radius 2 is 2.03 bits per heavy atom. The van der Waals surface area contributed by atoms with Crippen LogP contribution in [0.1, 0.15) is 32.1 Å². The molecule has 0 aliphatic carbocycles. The van der Waals surface area contributed by atoms with Crippen molar-refractivity contribution in [3.05, 3.63) is 40.2 Å². The summed E-state index contributed by atoms with van der Waals surface area (Å²) in [7, 11) is 0. The summed E-state index contributed by atoms with van der Waals surface area (Å²) < 4.78 is 7.38. The minimum atomic E-state index is -0.892. The van der Waals surface area contributed by atoms with Crippen molar-refractivity contribution in [3.63, 3.8) is 0 Å². The van der Waals surface area contributed by atoms with E-state index in [0.29, 0.717) is 0 Å². The molecule has 0 spiro atoms. The number of nitrogens with one attached hydrogen (secondary N) is 3. The molecule has 0 saturated carbocycles. The van der Waals surface area contributed by atoms with Gasteiger partial charge in [0, 0.05) is 18.0 Å². The molecule has 11 nitrogen and oxygen atoms in total. The standard InChI is InChI=1S/C21H26N6O5/c1-10(2)18(30)25-20-24-17-16(19(31)26-20)23-21(22-12-6-4-11(3)5-7-12)27(17)15-8-13(29)14(9-28)32-15/h4-7,10,13-15,28-29H,8-9H2,1-3H3,(H,22,23)(H2,24,25,26,30,31)/t13-,14+,15+/m0/s1. The number of anilines is 3. The molecule has 170 valence electrons. The molecular formula is C21H26N6O5. The first-order valence-corrected chi connectivity index (χ1v) is 10.4. The fourth-order valence-corrected chi connectivity index (χ4v) is 3.47. The minimum Gasteiger partial charge on any atom is -0.394 e. The van der Waals surface area contributed by atoms with Crippen LogP contribution >= 0.6 is 0 Å². The Morgan fingerprint density at radius 3 is 2.66 bits per heavy atom. The SMILES string of the molecule is Cc1ccc(Nc2nc3c(=O)[nH]c(NC(=O)C(C)C)nc3n2[C@H]2C[C@H](O)[C@@H](CO)O2)cc1. The molecule has 4 rings (SSSR count). The molecule has 1 amide bonds. The zero-order valence-electron chi connectivity index (χ0n) is 18.0. The van der Waals surface area contributed by atoms with Crippen molar-refractivity contribution in [2.75, 3.05) is 17.2 Å². The smallest absolute Gasteiger partial charge is 0.280 e. The summed E-state index contributed by atoms with van der Waals surface area (Å²) in [6, 6.07) is 7.59. The maximum absolute atomic E-state index is 12.7. The molecule has 0 bridgehead atoms. The fraction of sp³-hybridized carbons (Fsp3) is 0.429. The van der Waals surface area contributed by atoms with E-state index < -0.39 is 24.0 Å². The molecule has 5 N–H and O–H groups in total. The quantitative estimate of drug-likeness (QED) is 0.384. The summed E-state index contributed by atoms with van der Waals surface area (Å²) in [5.41, 5.74) is 1.51. The molecule has 0 radical (unpaired) electrons. The van der Waals surface area contributed by atoms with Crippen molar-refractivity contribution >= 4 is 34.7 Å². The average Bonchev–Trinajstić information content (AvgIpc) is 3.29. The molecule has 2 aromatic heterocycles. The number of carbonyl (C=O) groups is 1. The Balaban J connectivity index is 1.82. The van der Waals surface area contributed by atoms with Gasteiger partial charge in [-0.1, -0.05) is 31.5 Å². The highest BCUT2D eigenvalue weighted by Crippen LogP contribution is 2.34. The highest BCUT2D eigenvalue weighted by atomic mass is 16.5. The number of hydrogen-bond donors (Lipinski definition) is 5. The zero-order valence-corrected chi connectivity index (χ0v) is 18.0. The summed E-state index contributed by atoms with van der Waals surface area (Å²) >= 11 is 0. The molecule has 0 unspecified atom stereocenters. The highest BCUT2D eigenvalue weighted by Gasteiger charge is 2.37. The first-order chi connectivity index (χ1) is 15.3. The van der Waals surface area contributed by atoms with Crippen LogP contribution in [0, 0.1) is 12.8 Å². The zero-order chi connectivity index (χ0) is 23.0. The molecule has 3 aromatic rings. The van der Waals surface area contributed by atoms with Gasteiger partial charge in [-0.3, -0.25) is 24.5 Å². The predicted molar refractivity (Wildman–Crippen MR) is 118 cm³/mol. The molecule has 11 heteroatoms. The number of carbonyl (C=O) groups excluding carboxylic acids is 1. The fourth-order valence-electron chi connectivity index (χ4n) is 3.47. The number of hydrogen-bond acceptors (Lipinski definition) is 8. The number of aromatic nitrogens is 4. The van der Waals surface area contributed by atoms with Crippen LogP contribution < -0.4 is 16.2 Å². The third-order valence-corrected chi connectivity index (χ3v) is 5.30. The van der Waals surface area contributed by atoms with Crippen LogP contribution in [-0.4, -0.2) is 54.5 Å². The number of rotatable bonds is 6. The predicted octanol–water partition coefficient (Wildman–Crippen LogP) is 1.41. The molecule has 1 aliphatic rings. The highest BCUT2D eigenvalue weighted by molar-refractivity contribution is 5.91. The van der Waals surface area contributed by atoms with Gasteiger partial charge in [-0.25, -0.2) is 4.98 Å². The Labute approximate surface area is 183 Å². The lowest BCUT2D eigenvalue weighted by molar-refractivity contribution is -0.118. The van der Waals surface area contributed by atoms with Crippen LogP contribution in [0.3, 0.4) is 0 Å². The number of aliphatic hydroxyl groups excluding tert-OH is 2. The van der Waals surface area contributed by atoms with Gasteiger partial charge < -0.3 is 20.3 Å². The lowest BCUT2D eigenvalue weighted by Crippen LogP contribution is -2.24. The van der Waals surface area contributed by atoms with E-state index in [1.54, 1.807) is 18.4 Å². The number of nitrogens with zero attached hydrogens (tertiary/aromatic N) is 3. The van der Waals surface area contributed by atoms with E-state index in [-0.39, 0.29) is 47.9 Å². The molecule has 1 aromatic carbocycles. The average molecular weight is 442 g/mol. The third-order valence-electron chi connectivity index (χ3n) is 5.30. The van der Waals surface area contributed by atoms with Gasteiger partial charge in [0.25, 0.3) is 5.56 Å². The first kappa shape index (κ1) is 21.9. The second-order valence-electron chi connectivity index (χ2n) is 8.14. The molecule has 3 atom stereocenters. The number of imidazole rings is 1. The number of fused-ring (bicyclic) bond motifs is 1. The number of amides is 1. The van der Waals surface area contributed by atoms with Crippen LogP contribution in [0.25, 0.3) is 11.2 Å². The topological polar surface area (TPSA) is 154 Å². The van der Waals surface area contributed by atoms with Crippen LogP contribution in [-0.2, 0) is 9.53 Å². The van der Waals surface area contributed by atoms with Gasteiger partial charge in [0.05, 0.1) is 12.7 Å². The van der Waals surface area contributed by atoms with Crippen molar-refractivity contribution in [3.8, 4) is 0 Å². The Bertz CT molecular complexity index is 1190. The van der Waals surface area contributed by atoms with Crippen molar-refractivity contribution < 1.29 is 19.7 Å². The molecule has 3 heterocycles. The van der Waals surface area contributed by atoms with E-state index in [1.165, 1.54) is 0 Å². The normalized spacial score (nSPS) is 20.8. The maximum Gasteiger partial charge on any atom is 0.280 e. The van der Waals surface area contributed by atoms with Crippen molar-refractivity contribution in [1.82, 2.24) is 19.5 Å². The number of ether oxygens (including phenoxy) is 1. The molecule has 32 heavy (non-hydrogen) atoms. The van der Waals surface area contributed by atoms with E-state index in [4.69, 9.17) is 4.74 Å². The van der Waals surface area contributed by atoms with Gasteiger partial charge >= 0.3 is 0 Å². The van der Waals surface area contributed by atoms with E-state index in [0.717, 1.165) is 11.3 Å². The summed E-state index contributed by atoms with van der Waals surface area (Å²) in [4.78, 5) is 36.2. The lowest BCUT2D eigenvalue weighted by atomic mass is 10.2. The third kappa shape index (κ3) is 4.22. The number of aliphatic hydroxyl groups is 2. The summed E-state index contributed by atoms with van der Waals surface area (Å²) in [5, 5.41) is 25.5. The van der Waals surface area contributed by atoms with E-state index in [1.807, 2.05) is 31.2 Å². The minimum absolute atomic E-state index is 0.0125. The van der Waals surface area contributed by atoms with Crippen molar-refractivity contribution in [1.29, 1.82) is 0 Å². The Hall–Kier alpha value is -3.28. The summed E-state index contributed by atoms with van der Waals surface area (Å²) in [6.45, 7) is 5.07. The van der Waals surface area contributed by atoms with E-state index in [9.17, 15) is 19.8 Å². The van der Waals surface area contributed by atoms with Gasteiger partial charge in [0.2, 0.25) is 17.8 Å². The Morgan fingerprint density at radius 1 is 1.31 bits per heavy atom. The van der Waals surface area contributed by atoms with Gasteiger partial charge in [-0.2, -0.15) is 4.98 Å². The molecular weight excluding hydrogens is 416 g/mol. The monoisotopic (exact) mass is 442 g/mol. The van der Waals surface area contributed by atoms with Crippen molar-refractivity contribution in [2.45, 2.75) is 45.6 Å². The van der Waals surface area contributed by atoms with Gasteiger partial charge in [0.1, 0.15) is 12.3 Å². The molecule has 1 aliphatic heterocycles. The van der Waals surface area contributed by atoms with Crippen LogP contribution in [0.4, 0.5) is 17.6 Å². The number of H-pyrrole nitrogens is 1. The second kappa shape index (κ2) is 8.69. The lowest BCUT2D eigenvalue weighted by Gasteiger charge is -2.17. The van der Waals surface area contributed by atoms with Crippen LogP contribution in [0.5, 0.6) is 0 Å². The Kier molecular flexibility index (Phi) is 5.96. The maximum atomic E-state index is 12.7. The van der Waals surface area contributed by atoms with Gasteiger partial charge in [-0.15, -0.1) is 0 Å². The first-order valence-electron chi connectivity index (χ1n) is 10.4. The number of aromatic amines is 1. The van der Waals surface area contributed by atoms with Gasteiger partial charge in [0.15, 0.2) is 11.2 Å².